The Morgan fingerprint density at radius 1 is 1.10 bits per heavy atom. The van der Waals surface area contributed by atoms with Gasteiger partial charge in [0.1, 0.15) is 5.82 Å². The minimum absolute atomic E-state index is 0.117. The second-order valence-electron chi connectivity index (χ2n) is 7.18. The zero-order valence-electron chi connectivity index (χ0n) is 13.4. The molecule has 1 aliphatic rings. The molecule has 1 heterocycles. The fraction of sp³-hybridized carbons (Fsp3) is 0.556. The van der Waals surface area contributed by atoms with Gasteiger partial charge in [-0.3, -0.25) is 0 Å². The summed E-state index contributed by atoms with van der Waals surface area (Å²) in [6, 6.07) is 5.53. The van der Waals surface area contributed by atoms with Gasteiger partial charge in [-0.1, -0.05) is 39.3 Å². The number of aryl methyl sites for hydroxylation is 1. The Hall–Kier alpha value is -0.760. The van der Waals surface area contributed by atoms with Crippen LogP contribution in [-0.4, -0.2) is 10.5 Å². The summed E-state index contributed by atoms with van der Waals surface area (Å²) >= 11 is 2.04. The highest BCUT2D eigenvalue weighted by atomic mass is 32.2. The van der Waals surface area contributed by atoms with Crippen LogP contribution in [0, 0.1) is 18.2 Å². The Bertz CT molecular complexity index is 553. The maximum atomic E-state index is 13.5. The lowest BCUT2D eigenvalue weighted by molar-refractivity contribution is 0.518. The highest BCUT2D eigenvalue weighted by Crippen LogP contribution is 2.47. The third-order valence-electron chi connectivity index (χ3n) is 4.40. The molecule has 0 fully saturated rings. The highest BCUT2D eigenvalue weighted by Gasteiger charge is 2.33. The standard InChI is InChI=1S/C18H25FS/c1-12-9-14(7-8-16(12)19)15-10-18(5,6)20-11-17(3,4)13(15)2/h7-9H,10-11H2,1-6H3. The number of hydrogen-bond acceptors (Lipinski definition) is 1. The molecule has 0 bridgehead atoms. The molecule has 1 aliphatic heterocycles. The second-order valence-corrected chi connectivity index (χ2v) is 8.86. The molecule has 1 aromatic rings. The topological polar surface area (TPSA) is 0 Å². The molecule has 1 aromatic carbocycles. The lowest BCUT2D eigenvalue weighted by atomic mass is 9.80. The molecule has 0 atom stereocenters. The largest absolute Gasteiger partial charge is 0.207 e. The van der Waals surface area contributed by atoms with E-state index in [-0.39, 0.29) is 16.0 Å². The van der Waals surface area contributed by atoms with E-state index in [2.05, 4.69) is 34.6 Å². The molecule has 0 N–H and O–H groups in total. The Balaban J connectivity index is 2.56. The van der Waals surface area contributed by atoms with Crippen LogP contribution in [0.5, 0.6) is 0 Å². The number of rotatable bonds is 1. The smallest absolute Gasteiger partial charge is 0.126 e. The third-order valence-corrected chi connectivity index (χ3v) is 6.19. The SMILES string of the molecule is CC1=C(c2ccc(F)c(C)c2)CC(C)(C)SCC1(C)C. The van der Waals surface area contributed by atoms with E-state index in [1.807, 2.05) is 30.8 Å². The van der Waals surface area contributed by atoms with Gasteiger partial charge in [-0.2, -0.15) is 11.8 Å². The maximum Gasteiger partial charge on any atom is 0.126 e. The van der Waals surface area contributed by atoms with Crippen LogP contribution in [-0.2, 0) is 0 Å². The first-order chi connectivity index (χ1) is 9.12. The van der Waals surface area contributed by atoms with Crippen molar-refractivity contribution in [2.75, 3.05) is 5.75 Å². The van der Waals surface area contributed by atoms with Crippen LogP contribution in [0.4, 0.5) is 4.39 Å². The van der Waals surface area contributed by atoms with Crippen LogP contribution in [0.3, 0.4) is 0 Å². The summed E-state index contributed by atoms with van der Waals surface area (Å²) in [6.07, 6.45) is 1.04. The number of hydrogen-bond donors (Lipinski definition) is 0. The average molecular weight is 292 g/mol. The summed E-state index contributed by atoms with van der Waals surface area (Å²) in [7, 11) is 0. The van der Waals surface area contributed by atoms with Crippen LogP contribution in [0.25, 0.3) is 5.57 Å². The summed E-state index contributed by atoms with van der Waals surface area (Å²) in [6.45, 7) is 13.3. The molecule has 110 valence electrons. The van der Waals surface area contributed by atoms with E-state index < -0.39 is 0 Å². The van der Waals surface area contributed by atoms with Crippen LogP contribution in [0.15, 0.2) is 23.8 Å². The van der Waals surface area contributed by atoms with E-state index in [1.165, 1.54) is 16.7 Å². The number of halogens is 1. The number of thioether (sulfide) groups is 1. The van der Waals surface area contributed by atoms with Gasteiger partial charge in [-0.15, -0.1) is 0 Å². The quantitative estimate of drug-likeness (QED) is 0.625. The molecular formula is C18H25FS. The minimum Gasteiger partial charge on any atom is -0.207 e. The van der Waals surface area contributed by atoms with Crippen molar-refractivity contribution in [1.29, 1.82) is 0 Å². The van der Waals surface area contributed by atoms with Gasteiger partial charge < -0.3 is 0 Å². The molecule has 2 heteroatoms. The third kappa shape index (κ3) is 3.11. The Morgan fingerprint density at radius 2 is 1.75 bits per heavy atom. The molecule has 0 saturated carbocycles. The predicted molar refractivity (Wildman–Crippen MR) is 88.7 cm³/mol. The van der Waals surface area contributed by atoms with Gasteiger partial charge in [0.15, 0.2) is 0 Å². The summed E-state index contributed by atoms with van der Waals surface area (Å²) in [5, 5.41) is 0. The van der Waals surface area contributed by atoms with E-state index in [1.54, 1.807) is 6.07 Å². The highest BCUT2D eigenvalue weighted by molar-refractivity contribution is 8.00. The normalized spacial score (nSPS) is 21.8. The van der Waals surface area contributed by atoms with Gasteiger partial charge in [0.05, 0.1) is 0 Å². The first kappa shape index (κ1) is 15.6. The fourth-order valence-corrected chi connectivity index (χ4v) is 3.87. The molecule has 2 rings (SSSR count). The monoisotopic (exact) mass is 292 g/mol. The van der Waals surface area contributed by atoms with E-state index >= 15 is 0 Å². The molecule has 0 aromatic heterocycles. The first-order valence-electron chi connectivity index (χ1n) is 7.23. The van der Waals surface area contributed by atoms with Crippen molar-refractivity contribution in [3.63, 3.8) is 0 Å². The molecule has 0 spiro atoms. The molecule has 0 saturated heterocycles. The van der Waals surface area contributed by atoms with Crippen LogP contribution in [0.2, 0.25) is 0 Å². The van der Waals surface area contributed by atoms with Crippen molar-refractivity contribution in [3.05, 3.63) is 40.7 Å². The minimum atomic E-state index is -0.117. The molecule has 0 amide bonds. The zero-order valence-corrected chi connectivity index (χ0v) is 14.2. The van der Waals surface area contributed by atoms with E-state index in [4.69, 9.17) is 0 Å². The Kier molecular flexibility index (Phi) is 4.07. The second kappa shape index (κ2) is 5.22. The van der Waals surface area contributed by atoms with Gasteiger partial charge in [0, 0.05) is 10.5 Å². The molecule has 0 nitrogen and oxygen atoms in total. The average Bonchev–Trinajstić information content (AvgIpc) is 2.43. The van der Waals surface area contributed by atoms with Gasteiger partial charge in [0.2, 0.25) is 0 Å². The molecule has 20 heavy (non-hydrogen) atoms. The molecule has 0 radical (unpaired) electrons. The lowest BCUT2D eigenvalue weighted by Crippen LogP contribution is -2.18. The fourth-order valence-electron chi connectivity index (χ4n) is 2.65. The van der Waals surface area contributed by atoms with E-state index in [0.717, 1.165) is 17.7 Å². The van der Waals surface area contributed by atoms with Crippen LogP contribution in [0.1, 0.15) is 52.2 Å². The molecule has 0 unspecified atom stereocenters. The van der Waals surface area contributed by atoms with Crippen molar-refractivity contribution in [3.8, 4) is 0 Å². The zero-order chi connectivity index (χ0) is 15.1. The Morgan fingerprint density at radius 3 is 2.35 bits per heavy atom. The van der Waals surface area contributed by atoms with E-state index in [9.17, 15) is 4.39 Å². The van der Waals surface area contributed by atoms with Gasteiger partial charge in [-0.25, -0.2) is 4.39 Å². The summed E-state index contributed by atoms with van der Waals surface area (Å²) in [5.41, 5.74) is 4.95. The van der Waals surface area contributed by atoms with Crippen molar-refractivity contribution < 1.29 is 4.39 Å². The maximum absolute atomic E-state index is 13.5. The van der Waals surface area contributed by atoms with Crippen LogP contribution < -0.4 is 0 Å². The van der Waals surface area contributed by atoms with Gasteiger partial charge in [-0.05, 0) is 54.5 Å². The number of allylic oxidation sites excluding steroid dienone is 2. The summed E-state index contributed by atoms with van der Waals surface area (Å²) in [5.74, 6) is 1.02. The van der Waals surface area contributed by atoms with Crippen LogP contribution >= 0.6 is 11.8 Å². The first-order valence-corrected chi connectivity index (χ1v) is 8.22. The Labute approximate surface area is 126 Å². The molecular weight excluding hydrogens is 267 g/mol. The van der Waals surface area contributed by atoms with Crippen molar-refractivity contribution in [2.24, 2.45) is 5.41 Å². The molecule has 0 aliphatic carbocycles. The van der Waals surface area contributed by atoms with Crippen molar-refractivity contribution in [1.82, 2.24) is 0 Å². The predicted octanol–water partition coefficient (Wildman–Crippen LogP) is 5.85. The van der Waals surface area contributed by atoms with Crippen molar-refractivity contribution >= 4 is 17.3 Å². The van der Waals surface area contributed by atoms with E-state index in [0.29, 0.717) is 0 Å². The summed E-state index contributed by atoms with van der Waals surface area (Å²) < 4.78 is 13.8. The van der Waals surface area contributed by atoms with Crippen molar-refractivity contribution in [2.45, 2.75) is 52.7 Å². The van der Waals surface area contributed by atoms with Gasteiger partial charge >= 0.3 is 0 Å². The lowest BCUT2D eigenvalue weighted by Gasteiger charge is -2.26. The van der Waals surface area contributed by atoms with Gasteiger partial charge in [0.25, 0.3) is 0 Å². The summed E-state index contributed by atoms with van der Waals surface area (Å²) in [4.78, 5) is 0. The number of benzene rings is 1.